The van der Waals surface area contributed by atoms with Crippen molar-refractivity contribution in [2.24, 2.45) is 5.41 Å². The minimum atomic E-state index is 0.0377. The van der Waals surface area contributed by atoms with Crippen molar-refractivity contribution in [3.63, 3.8) is 0 Å². The molecular formula is C16H23NO3. The summed E-state index contributed by atoms with van der Waals surface area (Å²) in [5.41, 5.74) is 2.43. The van der Waals surface area contributed by atoms with E-state index >= 15 is 0 Å². The zero-order chi connectivity index (χ0) is 14.2. The van der Waals surface area contributed by atoms with Gasteiger partial charge >= 0.3 is 0 Å². The van der Waals surface area contributed by atoms with E-state index in [9.17, 15) is 0 Å². The molecule has 0 bridgehead atoms. The molecule has 0 spiro atoms. The van der Waals surface area contributed by atoms with E-state index in [4.69, 9.17) is 14.2 Å². The first-order chi connectivity index (χ1) is 9.55. The molecule has 0 aromatic heterocycles. The molecule has 0 radical (unpaired) electrons. The van der Waals surface area contributed by atoms with E-state index in [0.717, 1.165) is 31.2 Å². The van der Waals surface area contributed by atoms with E-state index in [1.54, 1.807) is 0 Å². The number of nitrogens with one attached hydrogen (secondary N) is 1. The largest absolute Gasteiger partial charge is 0.489 e. The Hall–Kier alpha value is -1.26. The summed E-state index contributed by atoms with van der Waals surface area (Å²) >= 11 is 0. The molecule has 1 atom stereocenters. The summed E-state index contributed by atoms with van der Waals surface area (Å²) in [5.74, 6) is 1.69. The molecule has 2 heterocycles. The van der Waals surface area contributed by atoms with Gasteiger partial charge in [0.1, 0.15) is 0 Å². The molecule has 4 nitrogen and oxygen atoms in total. The van der Waals surface area contributed by atoms with Crippen LogP contribution >= 0.6 is 0 Å². The second kappa shape index (κ2) is 5.26. The Morgan fingerprint density at radius 2 is 1.85 bits per heavy atom. The molecule has 110 valence electrons. The van der Waals surface area contributed by atoms with Crippen LogP contribution in [0.4, 0.5) is 0 Å². The molecule has 0 aliphatic carbocycles. The van der Waals surface area contributed by atoms with Gasteiger partial charge in [-0.3, -0.25) is 0 Å². The van der Waals surface area contributed by atoms with Crippen molar-refractivity contribution in [3.05, 3.63) is 23.3 Å². The van der Waals surface area contributed by atoms with Crippen molar-refractivity contribution in [3.8, 4) is 11.5 Å². The van der Waals surface area contributed by atoms with Crippen molar-refractivity contribution in [1.82, 2.24) is 5.32 Å². The van der Waals surface area contributed by atoms with Gasteiger partial charge in [-0.15, -0.1) is 0 Å². The van der Waals surface area contributed by atoms with Crippen LogP contribution in [0, 0.1) is 12.3 Å². The van der Waals surface area contributed by atoms with Gasteiger partial charge < -0.3 is 19.5 Å². The van der Waals surface area contributed by atoms with Crippen LogP contribution in [0.3, 0.4) is 0 Å². The molecule has 1 fully saturated rings. The standard InChI is InChI=1S/C16H23NO3/c1-11-6-13-14(20-10-16(2,3)9-19-13)7-12(11)15-8-17-4-5-18-15/h6-7,15,17H,4-5,8-10H2,1-3H3. The van der Waals surface area contributed by atoms with Crippen LogP contribution in [0.2, 0.25) is 0 Å². The zero-order valence-corrected chi connectivity index (χ0v) is 12.5. The molecule has 0 amide bonds. The predicted molar refractivity (Wildman–Crippen MR) is 77.5 cm³/mol. The third kappa shape index (κ3) is 2.76. The first-order valence-electron chi connectivity index (χ1n) is 7.28. The lowest BCUT2D eigenvalue weighted by Crippen LogP contribution is -2.33. The summed E-state index contributed by atoms with van der Waals surface area (Å²) in [7, 11) is 0. The van der Waals surface area contributed by atoms with Crippen LogP contribution in [0.25, 0.3) is 0 Å². The molecular weight excluding hydrogens is 254 g/mol. The lowest BCUT2D eigenvalue weighted by molar-refractivity contribution is 0.0271. The quantitative estimate of drug-likeness (QED) is 0.856. The fourth-order valence-electron chi connectivity index (χ4n) is 2.60. The molecule has 1 aromatic carbocycles. The summed E-state index contributed by atoms with van der Waals surface area (Å²) in [4.78, 5) is 0. The third-order valence-corrected chi connectivity index (χ3v) is 3.84. The molecule has 1 aromatic rings. The summed E-state index contributed by atoms with van der Waals surface area (Å²) in [6.07, 6.45) is 0.105. The average molecular weight is 277 g/mol. The Morgan fingerprint density at radius 3 is 2.50 bits per heavy atom. The van der Waals surface area contributed by atoms with Crippen molar-refractivity contribution < 1.29 is 14.2 Å². The van der Waals surface area contributed by atoms with Crippen LogP contribution in [-0.2, 0) is 4.74 Å². The van der Waals surface area contributed by atoms with Gasteiger partial charge in [0.2, 0.25) is 0 Å². The highest BCUT2D eigenvalue weighted by Crippen LogP contribution is 2.38. The second-order valence-electron chi connectivity index (χ2n) is 6.46. The monoisotopic (exact) mass is 277 g/mol. The van der Waals surface area contributed by atoms with Gasteiger partial charge in [-0.05, 0) is 30.2 Å². The first-order valence-corrected chi connectivity index (χ1v) is 7.28. The molecule has 1 saturated heterocycles. The lowest BCUT2D eigenvalue weighted by Gasteiger charge is -2.26. The van der Waals surface area contributed by atoms with E-state index < -0.39 is 0 Å². The summed E-state index contributed by atoms with van der Waals surface area (Å²) in [6, 6.07) is 4.16. The van der Waals surface area contributed by atoms with Gasteiger partial charge in [-0.2, -0.15) is 0 Å². The number of aryl methyl sites for hydroxylation is 1. The number of benzene rings is 1. The number of hydrogen-bond acceptors (Lipinski definition) is 4. The predicted octanol–water partition coefficient (Wildman–Crippen LogP) is 2.45. The van der Waals surface area contributed by atoms with Crippen LogP contribution in [0.5, 0.6) is 11.5 Å². The Bertz CT molecular complexity index is 493. The highest BCUT2D eigenvalue weighted by Gasteiger charge is 2.27. The molecule has 3 rings (SSSR count). The molecule has 1 N–H and O–H groups in total. The van der Waals surface area contributed by atoms with Crippen molar-refractivity contribution in [1.29, 1.82) is 0 Å². The fraction of sp³-hybridized carbons (Fsp3) is 0.625. The molecule has 1 unspecified atom stereocenters. The maximum atomic E-state index is 5.95. The van der Waals surface area contributed by atoms with Crippen LogP contribution in [0.1, 0.15) is 31.1 Å². The minimum Gasteiger partial charge on any atom is -0.489 e. The molecule has 20 heavy (non-hydrogen) atoms. The first kappa shape index (κ1) is 13.7. The molecule has 2 aliphatic rings. The smallest absolute Gasteiger partial charge is 0.161 e. The average Bonchev–Trinajstić information content (AvgIpc) is 2.58. The van der Waals surface area contributed by atoms with Gasteiger partial charge in [-0.1, -0.05) is 13.8 Å². The van der Waals surface area contributed by atoms with Gasteiger partial charge in [0.05, 0.1) is 25.9 Å². The van der Waals surface area contributed by atoms with E-state index in [1.165, 1.54) is 11.1 Å². The highest BCUT2D eigenvalue weighted by molar-refractivity contribution is 5.48. The van der Waals surface area contributed by atoms with E-state index in [1.807, 2.05) is 0 Å². The second-order valence-corrected chi connectivity index (χ2v) is 6.46. The Labute approximate surface area is 120 Å². The zero-order valence-electron chi connectivity index (χ0n) is 12.5. The van der Waals surface area contributed by atoms with Crippen LogP contribution in [0.15, 0.2) is 12.1 Å². The summed E-state index contributed by atoms with van der Waals surface area (Å²) in [5, 5.41) is 3.37. The van der Waals surface area contributed by atoms with Gasteiger partial charge in [-0.25, -0.2) is 0 Å². The molecule has 2 aliphatic heterocycles. The van der Waals surface area contributed by atoms with Crippen LogP contribution < -0.4 is 14.8 Å². The van der Waals surface area contributed by atoms with Crippen LogP contribution in [-0.4, -0.2) is 32.9 Å². The number of fused-ring (bicyclic) bond motifs is 1. The lowest BCUT2D eigenvalue weighted by atomic mass is 9.97. The van der Waals surface area contributed by atoms with Gasteiger partial charge in [0.15, 0.2) is 11.5 Å². The minimum absolute atomic E-state index is 0.0377. The van der Waals surface area contributed by atoms with Crippen molar-refractivity contribution >= 4 is 0 Å². The number of hydrogen-bond donors (Lipinski definition) is 1. The van der Waals surface area contributed by atoms with E-state index in [-0.39, 0.29) is 11.5 Å². The maximum Gasteiger partial charge on any atom is 0.161 e. The third-order valence-electron chi connectivity index (χ3n) is 3.84. The Balaban J connectivity index is 1.89. The SMILES string of the molecule is Cc1cc2c(cc1C1CNCCO1)OCC(C)(C)CO2. The number of morpholine rings is 1. The fourth-order valence-corrected chi connectivity index (χ4v) is 2.60. The summed E-state index contributed by atoms with van der Waals surface area (Å²) < 4.78 is 17.7. The number of ether oxygens (including phenoxy) is 3. The number of rotatable bonds is 1. The topological polar surface area (TPSA) is 39.7 Å². The Morgan fingerprint density at radius 1 is 1.15 bits per heavy atom. The van der Waals surface area contributed by atoms with Crippen molar-refractivity contribution in [2.45, 2.75) is 26.9 Å². The Kier molecular flexibility index (Phi) is 3.61. The summed E-state index contributed by atoms with van der Waals surface area (Å²) in [6.45, 7) is 10.3. The normalized spacial score (nSPS) is 25.1. The van der Waals surface area contributed by atoms with Gasteiger partial charge in [0.25, 0.3) is 0 Å². The van der Waals surface area contributed by atoms with E-state index in [0.29, 0.717) is 13.2 Å². The van der Waals surface area contributed by atoms with E-state index in [2.05, 4.69) is 38.2 Å². The molecule has 4 heteroatoms. The van der Waals surface area contributed by atoms with Gasteiger partial charge in [0, 0.05) is 18.5 Å². The maximum absolute atomic E-state index is 5.95. The highest BCUT2D eigenvalue weighted by atomic mass is 16.5. The molecule has 0 saturated carbocycles. The van der Waals surface area contributed by atoms with Crippen molar-refractivity contribution in [2.75, 3.05) is 32.9 Å².